The number of nitrogens with zero attached hydrogens (tertiary/aromatic N) is 1. The standard InChI is InChI=1S/C13H12N2O3/c1-7-5-9-8(11-6-12(14)15-18-11)3-4-10(16-2)13(9)17-7/h3-6H,1-2H3,(H2,14,15). The normalized spacial score (nSPS) is 11.0. The van der Waals surface area contributed by atoms with Crippen LogP contribution in [0.3, 0.4) is 0 Å². The molecule has 1 aromatic carbocycles. The van der Waals surface area contributed by atoms with Gasteiger partial charge in [-0.1, -0.05) is 5.16 Å². The monoisotopic (exact) mass is 244 g/mol. The van der Waals surface area contributed by atoms with Crippen molar-refractivity contribution in [3.05, 3.63) is 30.0 Å². The largest absolute Gasteiger partial charge is 0.493 e. The number of aromatic nitrogens is 1. The van der Waals surface area contributed by atoms with Gasteiger partial charge in [0.15, 0.2) is 22.9 Å². The number of nitrogens with two attached hydrogens (primary N) is 1. The predicted molar refractivity (Wildman–Crippen MR) is 67.4 cm³/mol. The summed E-state index contributed by atoms with van der Waals surface area (Å²) >= 11 is 0. The number of nitrogen functional groups attached to an aromatic ring is 1. The topological polar surface area (TPSA) is 74.4 Å². The minimum atomic E-state index is 0.356. The Bertz CT molecular complexity index is 712. The van der Waals surface area contributed by atoms with Crippen LogP contribution < -0.4 is 10.5 Å². The Hall–Kier alpha value is -2.43. The molecule has 0 amide bonds. The summed E-state index contributed by atoms with van der Waals surface area (Å²) in [7, 11) is 1.61. The van der Waals surface area contributed by atoms with Gasteiger partial charge in [0.2, 0.25) is 0 Å². The molecule has 2 heterocycles. The first-order chi connectivity index (χ1) is 8.69. The Morgan fingerprint density at radius 1 is 1.28 bits per heavy atom. The van der Waals surface area contributed by atoms with E-state index in [9.17, 15) is 0 Å². The van der Waals surface area contributed by atoms with Crippen molar-refractivity contribution in [3.8, 4) is 17.1 Å². The van der Waals surface area contributed by atoms with Crippen LogP contribution in [0, 0.1) is 6.92 Å². The minimum Gasteiger partial charge on any atom is -0.493 e. The molecule has 0 spiro atoms. The van der Waals surface area contributed by atoms with Gasteiger partial charge >= 0.3 is 0 Å². The Balaban J connectivity index is 2.30. The molecule has 0 radical (unpaired) electrons. The second-order valence-corrected chi connectivity index (χ2v) is 4.03. The molecular weight excluding hydrogens is 232 g/mol. The summed E-state index contributed by atoms with van der Waals surface area (Å²) in [4.78, 5) is 0. The number of hydrogen-bond donors (Lipinski definition) is 1. The van der Waals surface area contributed by atoms with Crippen molar-refractivity contribution in [2.75, 3.05) is 12.8 Å². The van der Waals surface area contributed by atoms with E-state index in [4.69, 9.17) is 19.4 Å². The van der Waals surface area contributed by atoms with E-state index in [0.717, 1.165) is 16.7 Å². The van der Waals surface area contributed by atoms with Crippen molar-refractivity contribution in [3.63, 3.8) is 0 Å². The van der Waals surface area contributed by atoms with Gasteiger partial charge in [-0.15, -0.1) is 0 Å². The Morgan fingerprint density at radius 2 is 2.11 bits per heavy atom. The van der Waals surface area contributed by atoms with Gasteiger partial charge in [-0.25, -0.2) is 0 Å². The van der Waals surface area contributed by atoms with Crippen LogP contribution in [0.5, 0.6) is 5.75 Å². The molecule has 0 saturated carbocycles. The first-order valence-electron chi connectivity index (χ1n) is 5.48. The zero-order chi connectivity index (χ0) is 12.7. The fourth-order valence-corrected chi connectivity index (χ4v) is 2.01. The molecule has 5 heteroatoms. The molecule has 0 unspecified atom stereocenters. The van der Waals surface area contributed by atoms with E-state index >= 15 is 0 Å². The fourth-order valence-electron chi connectivity index (χ4n) is 2.01. The zero-order valence-electron chi connectivity index (χ0n) is 10.1. The van der Waals surface area contributed by atoms with Crippen LogP contribution in [-0.2, 0) is 0 Å². The average Bonchev–Trinajstić information content (AvgIpc) is 2.93. The maximum atomic E-state index is 5.64. The first-order valence-corrected chi connectivity index (χ1v) is 5.48. The molecule has 2 aromatic heterocycles. The van der Waals surface area contributed by atoms with Gasteiger partial charge in [0, 0.05) is 17.0 Å². The van der Waals surface area contributed by atoms with E-state index in [1.54, 1.807) is 13.2 Å². The maximum Gasteiger partial charge on any atom is 0.176 e. The summed E-state index contributed by atoms with van der Waals surface area (Å²) in [5, 5.41) is 4.61. The second-order valence-electron chi connectivity index (χ2n) is 4.03. The smallest absolute Gasteiger partial charge is 0.176 e. The highest BCUT2D eigenvalue weighted by atomic mass is 16.5. The molecular formula is C13H12N2O3. The van der Waals surface area contributed by atoms with Gasteiger partial charge in [0.1, 0.15) is 5.76 Å². The van der Waals surface area contributed by atoms with Gasteiger partial charge in [-0.3, -0.25) is 0 Å². The molecule has 2 N–H and O–H groups in total. The van der Waals surface area contributed by atoms with Gasteiger partial charge in [-0.05, 0) is 25.1 Å². The number of benzene rings is 1. The van der Waals surface area contributed by atoms with Crippen molar-refractivity contribution >= 4 is 16.8 Å². The van der Waals surface area contributed by atoms with Crippen LogP contribution in [0.15, 0.2) is 33.2 Å². The van der Waals surface area contributed by atoms with E-state index in [2.05, 4.69) is 5.16 Å². The number of furan rings is 1. The summed E-state index contributed by atoms with van der Waals surface area (Å²) in [5.41, 5.74) is 7.15. The molecule has 92 valence electrons. The molecule has 5 nitrogen and oxygen atoms in total. The molecule has 0 bridgehead atoms. The van der Waals surface area contributed by atoms with Crippen molar-refractivity contribution in [1.29, 1.82) is 0 Å². The number of anilines is 1. The highest BCUT2D eigenvalue weighted by Gasteiger charge is 2.15. The SMILES string of the molecule is COc1ccc(-c2cc(N)no2)c2cc(C)oc12. The van der Waals surface area contributed by atoms with Crippen LogP contribution in [0.4, 0.5) is 5.82 Å². The maximum absolute atomic E-state index is 5.64. The minimum absolute atomic E-state index is 0.356. The average molecular weight is 244 g/mol. The zero-order valence-corrected chi connectivity index (χ0v) is 10.1. The van der Waals surface area contributed by atoms with Gasteiger partial charge < -0.3 is 19.4 Å². The third-order valence-corrected chi connectivity index (χ3v) is 2.78. The van der Waals surface area contributed by atoms with Crippen molar-refractivity contribution in [1.82, 2.24) is 5.16 Å². The molecule has 3 rings (SSSR count). The highest BCUT2D eigenvalue weighted by Crippen LogP contribution is 2.36. The van der Waals surface area contributed by atoms with Gasteiger partial charge in [0.05, 0.1) is 7.11 Å². The van der Waals surface area contributed by atoms with Crippen molar-refractivity contribution in [2.24, 2.45) is 0 Å². The number of hydrogen-bond acceptors (Lipinski definition) is 5. The van der Waals surface area contributed by atoms with Crippen LogP contribution in [-0.4, -0.2) is 12.3 Å². The third kappa shape index (κ3) is 1.52. The van der Waals surface area contributed by atoms with Crippen molar-refractivity contribution < 1.29 is 13.7 Å². The summed E-state index contributed by atoms with van der Waals surface area (Å²) in [6.07, 6.45) is 0. The number of methoxy groups -OCH3 is 1. The molecule has 0 saturated heterocycles. The molecule has 0 fully saturated rings. The van der Waals surface area contributed by atoms with Gasteiger partial charge in [-0.2, -0.15) is 0 Å². The van der Waals surface area contributed by atoms with E-state index in [-0.39, 0.29) is 0 Å². The highest BCUT2D eigenvalue weighted by molar-refractivity contribution is 5.96. The fraction of sp³-hybridized carbons (Fsp3) is 0.154. The van der Waals surface area contributed by atoms with Gasteiger partial charge in [0.25, 0.3) is 0 Å². The summed E-state index contributed by atoms with van der Waals surface area (Å²) in [6, 6.07) is 7.35. The molecule has 0 aliphatic carbocycles. The number of rotatable bonds is 2. The lowest BCUT2D eigenvalue weighted by Crippen LogP contribution is -1.84. The summed E-state index contributed by atoms with van der Waals surface area (Å²) in [5.74, 6) is 2.47. The number of fused-ring (bicyclic) bond motifs is 1. The Labute approximate surface area is 103 Å². The third-order valence-electron chi connectivity index (χ3n) is 2.78. The lowest BCUT2D eigenvalue weighted by molar-refractivity contribution is 0.408. The van der Waals surface area contributed by atoms with E-state index in [1.807, 2.05) is 25.1 Å². The first kappa shape index (κ1) is 10.7. The van der Waals surface area contributed by atoms with E-state index in [0.29, 0.717) is 22.9 Å². The summed E-state index contributed by atoms with van der Waals surface area (Å²) in [6.45, 7) is 1.89. The summed E-state index contributed by atoms with van der Waals surface area (Å²) < 4.78 is 16.1. The molecule has 0 atom stereocenters. The Morgan fingerprint density at radius 3 is 2.78 bits per heavy atom. The predicted octanol–water partition coefficient (Wildman–Crippen LogP) is 2.99. The molecule has 0 aliphatic rings. The lowest BCUT2D eigenvalue weighted by Gasteiger charge is -2.03. The van der Waals surface area contributed by atoms with E-state index < -0.39 is 0 Å². The van der Waals surface area contributed by atoms with Crippen molar-refractivity contribution in [2.45, 2.75) is 6.92 Å². The van der Waals surface area contributed by atoms with Crippen LogP contribution in [0.1, 0.15) is 5.76 Å². The Kier molecular flexibility index (Phi) is 2.26. The lowest BCUT2D eigenvalue weighted by atomic mass is 10.1. The molecule has 3 aromatic rings. The van der Waals surface area contributed by atoms with Crippen LogP contribution >= 0.6 is 0 Å². The van der Waals surface area contributed by atoms with Crippen LogP contribution in [0.25, 0.3) is 22.3 Å². The van der Waals surface area contributed by atoms with Crippen LogP contribution in [0.2, 0.25) is 0 Å². The molecule has 18 heavy (non-hydrogen) atoms. The molecule has 0 aliphatic heterocycles. The number of aryl methyl sites for hydroxylation is 1. The number of ether oxygens (including phenoxy) is 1. The quantitative estimate of drug-likeness (QED) is 0.750. The van der Waals surface area contributed by atoms with E-state index in [1.165, 1.54) is 0 Å². The second kappa shape index (κ2) is 3.80.